The molecule has 7 nitrogen and oxygen atoms in total. The van der Waals surface area contributed by atoms with E-state index in [-0.39, 0.29) is 23.1 Å². The van der Waals surface area contributed by atoms with Crippen LogP contribution in [0.1, 0.15) is 17.3 Å². The van der Waals surface area contributed by atoms with E-state index in [0.29, 0.717) is 20.9 Å². The molecule has 0 aliphatic heterocycles. The molecule has 0 saturated heterocycles. The van der Waals surface area contributed by atoms with Gasteiger partial charge in [0.15, 0.2) is 20.8 Å². The quantitative estimate of drug-likeness (QED) is 0.492. The van der Waals surface area contributed by atoms with Crippen LogP contribution in [0.5, 0.6) is 0 Å². The maximum atomic E-state index is 12.6. The van der Waals surface area contributed by atoms with Crippen LogP contribution in [0.3, 0.4) is 0 Å². The Labute approximate surface area is 170 Å². The number of anilines is 1. The summed E-state index contributed by atoms with van der Waals surface area (Å²) in [6, 6.07) is 12.1. The molecule has 9 heteroatoms. The number of para-hydroxylation sites is 1. The number of benzene rings is 2. The Morgan fingerprint density at radius 3 is 2.66 bits per heavy atom. The lowest BCUT2D eigenvalue weighted by Crippen LogP contribution is -2.18. The number of ketones is 1. The number of fused-ring (bicyclic) bond motifs is 2. The Bertz CT molecular complexity index is 1380. The largest absolute Gasteiger partial charge is 0.337 e. The van der Waals surface area contributed by atoms with Gasteiger partial charge in [0, 0.05) is 28.9 Å². The average molecular weight is 428 g/mol. The van der Waals surface area contributed by atoms with Gasteiger partial charge in [0.1, 0.15) is 6.54 Å². The summed E-state index contributed by atoms with van der Waals surface area (Å²) in [6.07, 6.45) is 2.83. The zero-order valence-corrected chi connectivity index (χ0v) is 17.3. The highest BCUT2D eigenvalue weighted by atomic mass is 32.2. The number of amides is 1. The van der Waals surface area contributed by atoms with Crippen LogP contribution >= 0.6 is 11.3 Å². The molecule has 4 aromatic rings. The van der Waals surface area contributed by atoms with Crippen molar-refractivity contribution in [3.63, 3.8) is 0 Å². The van der Waals surface area contributed by atoms with E-state index in [9.17, 15) is 18.0 Å². The van der Waals surface area contributed by atoms with Crippen molar-refractivity contribution in [2.45, 2.75) is 18.4 Å². The van der Waals surface area contributed by atoms with E-state index >= 15 is 0 Å². The third-order valence-corrected chi connectivity index (χ3v) is 6.56. The first-order valence-corrected chi connectivity index (χ1v) is 11.4. The molecule has 4 rings (SSSR count). The number of sulfone groups is 1. The van der Waals surface area contributed by atoms with Crippen LogP contribution in [0.2, 0.25) is 0 Å². The van der Waals surface area contributed by atoms with Crippen LogP contribution in [0.4, 0.5) is 5.13 Å². The minimum atomic E-state index is -3.31. The van der Waals surface area contributed by atoms with Crippen molar-refractivity contribution in [1.82, 2.24) is 9.55 Å². The lowest BCUT2D eigenvalue weighted by atomic mass is 10.1. The second-order valence-corrected chi connectivity index (χ2v) is 9.76. The predicted molar refractivity (Wildman–Crippen MR) is 113 cm³/mol. The third kappa shape index (κ3) is 3.79. The number of nitrogens with one attached hydrogen (secondary N) is 1. The van der Waals surface area contributed by atoms with Crippen LogP contribution in [-0.4, -0.2) is 35.9 Å². The van der Waals surface area contributed by atoms with E-state index < -0.39 is 9.84 Å². The normalized spacial score (nSPS) is 11.8. The zero-order chi connectivity index (χ0) is 20.8. The van der Waals surface area contributed by atoms with Crippen molar-refractivity contribution in [1.29, 1.82) is 0 Å². The fourth-order valence-corrected chi connectivity index (χ4v) is 4.80. The van der Waals surface area contributed by atoms with Gasteiger partial charge in [-0.3, -0.25) is 9.59 Å². The molecule has 0 radical (unpaired) electrons. The molecule has 0 spiro atoms. The highest BCUT2D eigenvalue weighted by molar-refractivity contribution is 7.90. The SMILES string of the molecule is CC(=O)c1cn(CC(=O)Nc2nc3ccc(S(C)(=O)=O)cc3s2)c2ccccc12. The molecule has 0 unspecified atom stereocenters. The average Bonchev–Trinajstić information content (AvgIpc) is 3.21. The topological polar surface area (TPSA) is 98.1 Å². The molecule has 0 saturated carbocycles. The third-order valence-electron chi connectivity index (χ3n) is 4.52. The first-order valence-electron chi connectivity index (χ1n) is 8.72. The molecule has 1 N–H and O–H groups in total. The van der Waals surface area contributed by atoms with Crippen molar-refractivity contribution in [3.05, 3.63) is 54.2 Å². The maximum Gasteiger partial charge on any atom is 0.246 e. The molecule has 0 aliphatic carbocycles. The Balaban J connectivity index is 1.59. The molecule has 29 heavy (non-hydrogen) atoms. The first kappa shape index (κ1) is 19.3. The minimum Gasteiger partial charge on any atom is -0.337 e. The summed E-state index contributed by atoms with van der Waals surface area (Å²) in [7, 11) is -3.31. The van der Waals surface area contributed by atoms with Crippen molar-refractivity contribution in [2.75, 3.05) is 11.6 Å². The lowest BCUT2D eigenvalue weighted by molar-refractivity contribution is -0.116. The minimum absolute atomic E-state index is 0.0261. The Morgan fingerprint density at radius 2 is 1.93 bits per heavy atom. The summed E-state index contributed by atoms with van der Waals surface area (Å²) < 4.78 is 25.8. The smallest absolute Gasteiger partial charge is 0.246 e. The first-order chi connectivity index (χ1) is 13.7. The van der Waals surface area contributed by atoms with Gasteiger partial charge in [-0.25, -0.2) is 13.4 Å². The molecule has 2 aromatic carbocycles. The molecular formula is C20H17N3O4S2. The lowest BCUT2D eigenvalue weighted by Gasteiger charge is -2.05. The second-order valence-electron chi connectivity index (χ2n) is 6.71. The van der Waals surface area contributed by atoms with Gasteiger partial charge in [-0.15, -0.1) is 0 Å². The van der Waals surface area contributed by atoms with E-state index in [2.05, 4.69) is 10.3 Å². The molecule has 0 fully saturated rings. The molecule has 0 aliphatic rings. The molecule has 0 bridgehead atoms. The van der Waals surface area contributed by atoms with Gasteiger partial charge in [0.05, 0.1) is 15.1 Å². The fraction of sp³-hybridized carbons (Fsp3) is 0.150. The van der Waals surface area contributed by atoms with Gasteiger partial charge < -0.3 is 9.88 Å². The molecular weight excluding hydrogens is 410 g/mol. The summed E-state index contributed by atoms with van der Waals surface area (Å²) in [4.78, 5) is 29.0. The number of hydrogen-bond acceptors (Lipinski definition) is 6. The maximum absolute atomic E-state index is 12.6. The summed E-state index contributed by atoms with van der Waals surface area (Å²) in [5, 5.41) is 3.95. The number of aromatic nitrogens is 2. The van der Waals surface area contributed by atoms with Crippen LogP contribution in [0.15, 0.2) is 53.6 Å². The Kier molecular flexibility index (Phi) is 4.71. The van der Waals surface area contributed by atoms with E-state index in [1.807, 2.05) is 24.3 Å². The van der Waals surface area contributed by atoms with Crippen LogP contribution in [0, 0.1) is 0 Å². The van der Waals surface area contributed by atoms with Gasteiger partial charge in [-0.05, 0) is 31.2 Å². The van der Waals surface area contributed by atoms with Gasteiger partial charge in [-0.2, -0.15) is 0 Å². The number of rotatable bonds is 5. The van der Waals surface area contributed by atoms with Crippen LogP contribution < -0.4 is 5.32 Å². The van der Waals surface area contributed by atoms with Crippen LogP contribution in [0.25, 0.3) is 21.1 Å². The van der Waals surface area contributed by atoms with Crippen molar-refractivity contribution in [2.24, 2.45) is 0 Å². The van der Waals surface area contributed by atoms with Crippen molar-refractivity contribution >= 4 is 59.1 Å². The molecule has 2 aromatic heterocycles. The Hall–Kier alpha value is -3.04. The van der Waals surface area contributed by atoms with Crippen molar-refractivity contribution < 1.29 is 18.0 Å². The van der Waals surface area contributed by atoms with E-state index in [4.69, 9.17) is 0 Å². The number of hydrogen-bond donors (Lipinski definition) is 1. The number of nitrogens with zero attached hydrogens (tertiary/aromatic N) is 2. The number of thiazole rings is 1. The molecule has 148 valence electrons. The van der Waals surface area contributed by atoms with Crippen LogP contribution in [-0.2, 0) is 21.2 Å². The number of carbonyl (C=O) groups excluding carboxylic acids is 2. The van der Waals surface area contributed by atoms with E-state index in [1.54, 1.807) is 22.9 Å². The molecule has 1 amide bonds. The van der Waals surface area contributed by atoms with Gasteiger partial charge in [-0.1, -0.05) is 29.5 Å². The van der Waals surface area contributed by atoms with Gasteiger partial charge in [0.25, 0.3) is 0 Å². The van der Waals surface area contributed by atoms with Crippen molar-refractivity contribution in [3.8, 4) is 0 Å². The highest BCUT2D eigenvalue weighted by Crippen LogP contribution is 2.28. The summed E-state index contributed by atoms with van der Waals surface area (Å²) in [5.74, 6) is -0.351. The summed E-state index contributed by atoms with van der Waals surface area (Å²) >= 11 is 1.21. The summed E-state index contributed by atoms with van der Waals surface area (Å²) in [5.41, 5.74) is 1.99. The molecule has 2 heterocycles. The van der Waals surface area contributed by atoms with Gasteiger partial charge in [0.2, 0.25) is 5.91 Å². The monoisotopic (exact) mass is 427 g/mol. The van der Waals surface area contributed by atoms with Gasteiger partial charge >= 0.3 is 0 Å². The Morgan fingerprint density at radius 1 is 1.17 bits per heavy atom. The summed E-state index contributed by atoms with van der Waals surface area (Å²) in [6.45, 7) is 1.52. The number of Topliss-reactive ketones (excluding diaryl/α,β-unsaturated/α-hetero) is 1. The zero-order valence-electron chi connectivity index (χ0n) is 15.7. The predicted octanol–water partition coefficient (Wildman–Crippen LogP) is 3.50. The van der Waals surface area contributed by atoms with E-state index in [1.165, 1.54) is 24.3 Å². The second kappa shape index (κ2) is 7.09. The number of carbonyl (C=O) groups is 2. The van der Waals surface area contributed by atoms with E-state index in [0.717, 1.165) is 17.2 Å². The highest BCUT2D eigenvalue weighted by Gasteiger charge is 2.15. The molecule has 0 atom stereocenters. The standard InChI is InChI=1S/C20H17N3O4S2/c1-12(24)15-10-23(17-6-4-3-5-14(15)17)11-19(25)22-20-21-16-8-7-13(29(2,26)27)9-18(16)28-20/h3-10H,11H2,1-2H3,(H,21,22,25). The fourth-order valence-electron chi connectivity index (χ4n) is 3.16.